The molecule has 0 fully saturated rings. The number of halogens is 2. The van der Waals surface area contributed by atoms with Crippen LogP contribution < -0.4 is 0 Å². The molecule has 152 valence electrons. The first-order valence-corrected chi connectivity index (χ1v) is 11.2. The van der Waals surface area contributed by atoms with Crippen LogP contribution in [0.1, 0.15) is 90.9 Å². The molecule has 0 spiro atoms. The summed E-state index contributed by atoms with van der Waals surface area (Å²) in [7, 11) is 0. The van der Waals surface area contributed by atoms with E-state index in [2.05, 4.69) is 32.1 Å². The molecule has 0 N–H and O–H groups in total. The Morgan fingerprint density at radius 2 is 1.67 bits per heavy atom. The maximum absolute atomic E-state index is 15.0. The van der Waals surface area contributed by atoms with E-state index in [-0.39, 0.29) is 11.7 Å². The number of allylic oxidation sites excluding steroid dienone is 8. The molecule has 0 nitrogen and oxygen atoms in total. The lowest BCUT2D eigenvalue weighted by molar-refractivity contribution is 0.0862. The standard InChI is InChI=1S/C25H38F2/c1-3-5-7-8-9-10-13-21-16-18-22(19-17-21)25(20-11-6-4-2)23(26)14-12-15-24(25)27/h12,14-18,22-23H,3-11,13,19-20H2,1-2H3. The molecule has 0 aliphatic heterocycles. The molecule has 0 aromatic carbocycles. The van der Waals surface area contributed by atoms with Crippen LogP contribution in [0.3, 0.4) is 0 Å². The second kappa shape index (κ2) is 11.6. The van der Waals surface area contributed by atoms with E-state index in [1.807, 2.05) is 0 Å². The van der Waals surface area contributed by atoms with Gasteiger partial charge in [0, 0.05) is 0 Å². The minimum atomic E-state index is -1.23. The molecule has 0 bridgehead atoms. The monoisotopic (exact) mass is 376 g/mol. The van der Waals surface area contributed by atoms with Gasteiger partial charge in [-0.15, -0.1) is 0 Å². The molecule has 3 atom stereocenters. The summed E-state index contributed by atoms with van der Waals surface area (Å²) in [6, 6.07) is 0. The third-order valence-electron chi connectivity index (χ3n) is 6.31. The van der Waals surface area contributed by atoms with Crippen molar-refractivity contribution in [2.24, 2.45) is 11.3 Å². The zero-order chi connectivity index (χ0) is 19.5. The Morgan fingerprint density at radius 1 is 0.963 bits per heavy atom. The highest BCUT2D eigenvalue weighted by Crippen LogP contribution is 2.51. The third-order valence-corrected chi connectivity index (χ3v) is 6.31. The van der Waals surface area contributed by atoms with Crippen LogP contribution in [0.2, 0.25) is 0 Å². The van der Waals surface area contributed by atoms with E-state index < -0.39 is 11.6 Å². The molecule has 0 saturated carbocycles. The predicted molar refractivity (Wildman–Crippen MR) is 113 cm³/mol. The van der Waals surface area contributed by atoms with Crippen molar-refractivity contribution >= 4 is 0 Å². The van der Waals surface area contributed by atoms with Crippen LogP contribution in [0.25, 0.3) is 0 Å². The van der Waals surface area contributed by atoms with Crippen molar-refractivity contribution in [1.29, 1.82) is 0 Å². The van der Waals surface area contributed by atoms with Gasteiger partial charge >= 0.3 is 0 Å². The van der Waals surface area contributed by atoms with Crippen LogP contribution in [0.15, 0.2) is 47.9 Å². The average molecular weight is 377 g/mol. The van der Waals surface area contributed by atoms with Crippen molar-refractivity contribution in [1.82, 2.24) is 0 Å². The molecule has 0 amide bonds. The second-order valence-electron chi connectivity index (χ2n) is 8.30. The van der Waals surface area contributed by atoms with E-state index in [0.29, 0.717) is 6.42 Å². The molecule has 0 radical (unpaired) electrons. The lowest BCUT2D eigenvalue weighted by Gasteiger charge is -2.42. The average Bonchev–Trinajstić information content (AvgIpc) is 2.68. The van der Waals surface area contributed by atoms with Gasteiger partial charge in [-0.25, -0.2) is 8.78 Å². The van der Waals surface area contributed by atoms with Gasteiger partial charge in [-0.2, -0.15) is 0 Å². The van der Waals surface area contributed by atoms with Crippen molar-refractivity contribution < 1.29 is 8.78 Å². The molecule has 3 unspecified atom stereocenters. The summed E-state index contributed by atoms with van der Waals surface area (Å²) in [4.78, 5) is 0. The molecule has 0 aromatic heterocycles. The van der Waals surface area contributed by atoms with E-state index >= 15 is 0 Å². The minimum Gasteiger partial charge on any atom is -0.242 e. The highest BCUT2D eigenvalue weighted by molar-refractivity contribution is 5.33. The van der Waals surface area contributed by atoms with Crippen LogP contribution in [-0.2, 0) is 0 Å². The molecule has 2 heteroatoms. The SMILES string of the molecule is CCCCCCCCC1=CCC(C2(CCCCC)C(F)=CC=CC2F)C=C1. The Morgan fingerprint density at radius 3 is 2.33 bits per heavy atom. The molecule has 2 aliphatic carbocycles. The van der Waals surface area contributed by atoms with E-state index in [1.165, 1.54) is 56.3 Å². The molecular weight excluding hydrogens is 338 g/mol. The normalized spacial score (nSPS) is 27.6. The van der Waals surface area contributed by atoms with E-state index in [4.69, 9.17) is 0 Å². The smallest absolute Gasteiger partial charge is 0.131 e. The largest absolute Gasteiger partial charge is 0.242 e. The first kappa shape index (κ1) is 22.1. The van der Waals surface area contributed by atoms with Crippen LogP contribution in [-0.4, -0.2) is 6.17 Å². The quantitative estimate of drug-likeness (QED) is 0.299. The van der Waals surface area contributed by atoms with Crippen molar-refractivity contribution in [2.45, 2.75) is 97.1 Å². The van der Waals surface area contributed by atoms with Gasteiger partial charge < -0.3 is 0 Å². The van der Waals surface area contributed by atoms with Crippen LogP contribution in [0.4, 0.5) is 8.78 Å². The van der Waals surface area contributed by atoms with Gasteiger partial charge in [0.25, 0.3) is 0 Å². The first-order chi connectivity index (χ1) is 13.1. The van der Waals surface area contributed by atoms with Crippen molar-refractivity contribution in [3.63, 3.8) is 0 Å². The van der Waals surface area contributed by atoms with Gasteiger partial charge in [-0.1, -0.05) is 95.1 Å². The maximum Gasteiger partial charge on any atom is 0.131 e. The zero-order valence-electron chi connectivity index (χ0n) is 17.4. The molecule has 0 heterocycles. The Bertz CT molecular complexity index is 555. The van der Waals surface area contributed by atoms with Gasteiger partial charge in [0.05, 0.1) is 5.41 Å². The summed E-state index contributed by atoms with van der Waals surface area (Å²) >= 11 is 0. The van der Waals surface area contributed by atoms with Gasteiger partial charge in [-0.3, -0.25) is 0 Å². The molecule has 0 saturated heterocycles. The van der Waals surface area contributed by atoms with E-state index in [9.17, 15) is 8.78 Å². The van der Waals surface area contributed by atoms with Gasteiger partial charge in [0.1, 0.15) is 12.0 Å². The van der Waals surface area contributed by atoms with Gasteiger partial charge in [0.2, 0.25) is 0 Å². The lowest BCUT2D eigenvalue weighted by Crippen LogP contribution is -2.40. The Labute approximate surface area is 165 Å². The van der Waals surface area contributed by atoms with Crippen molar-refractivity contribution in [3.8, 4) is 0 Å². The summed E-state index contributed by atoms with van der Waals surface area (Å²) in [6.07, 6.45) is 23.0. The summed E-state index contributed by atoms with van der Waals surface area (Å²) in [5.41, 5.74) is 0.347. The molecular formula is C25H38F2. The number of alkyl halides is 1. The number of hydrogen-bond donors (Lipinski definition) is 0. The maximum atomic E-state index is 15.0. The minimum absolute atomic E-state index is 0.0844. The number of unbranched alkanes of at least 4 members (excludes halogenated alkanes) is 7. The lowest BCUT2D eigenvalue weighted by atomic mass is 9.63. The molecule has 2 rings (SSSR count). The molecule has 2 aliphatic rings. The third kappa shape index (κ3) is 5.90. The summed E-state index contributed by atoms with van der Waals surface area (Å²) in [5, 5.41) is 0. The highest BCUT2D eigenvalue weighted by atomic mass is 19.1. The fourth-order valence-electron chi connectivity index (χ4n) is 4.53. The number of rotatable bonds is 12. The topological polar surface area (TPSA) is 0 Å². The van der Waals surface area contributed by atoms with Gasteiger partial charge in [0.15, 0.2) is 0 Å². The van der Waals surface area contributed by atoms with E-state index in [0.717, 1.165) is 32.1 Å². The van der Waals surface area contributed by atoms with E-state index in [1.54, 1.807) is 6.08 Å². The Kier molecular flexibility index (Phi) is 9.51. The number of hydrogen-bond acceptors (Lipinski definition) is 0. The van der Waals surface area contributed by atoms with Crippen molar-refractivity contribution in [3.05, 3.63) is 47.9 Å². The first-order valence-electron chi connectivity index (χ1n) is 11.2. The fraction of sp³-hybridized carbons (Fsp3) is 0.680. The van der Waals surface area contributed by atoms with Crippen LogP contribution >= 0.6 is 0 Å². The summed E-state index contributed by atoms with van der Waals surface area (Å²) < 4.78 is 29.9. The molecule has 0 aromatic rings. The Hall–Kier alpha value is -1.18. The fourth-order valence-corrected chi connectivity index (χ4v) is 4.53. The van der Waals surface area contributed by atoms with Crippen molar-refractivity contribution in [2.75, 3.05) is 0 Å². The van der Waals surface area contributed by atoms with Gasteiger partial charge in [-0.05, 0) is 43.8 Å². The molecule has 27 heavy (non-hydrogen) atoms. The predicted octanol–water partition coefficient (Wildman–Crippen LogP) is 8.57. The van der Waals surface area contributed by atoms with Crippen LogP contribution in [0, 0.1) is 11.3 Å². The summed E-state index contributed by atoms with van der Waals surface area (Å²) in [5.74, 6) is -0.352. The summed E-state index contributed by atoms with van der Waals surface area (Å²) in [6.45, 7) is 4.37. The zero-order valence-corrected chi connectivity index (χ0v) is 17.4. The van der Waals surface area contributed by atoms with Crippen LogP contribution in [0.5, 0.6) is 0 Å². The second-order valence-corrected chi connectivity index (χ2v) is 8.30. The Balaban J connectivity index is 1.94. The highest BCUT2D eigenvalue weighted by Gasteiger charge is 2.48.